The van der Waals surface area contributed by atoms with E-state index in [-0.39, 0.29) is 0 Å². The van der Waals surface area contributed by atoms with E-state index in [1.165, 1.54) is 4.88 Å². The summed E-state index contributed by atoms with van der Waals surface area (Å²) in [6.07, 6.45) is 1.93. The van der Waals surface area contributed by atoms with E-state index in [4.69, 9.17) is 4.74 Å². The van der Waals surface area contributed by atoms with Gasteiger partial charge in [-0.25, -0.2) is 9.97 Å². The normalized spacial score (nSPS) is 10.8. The topological polar surface area (TPSA) is 50.3 Å². The molecule has 0 bridgehead atoms. The number of rotatable bonds is 8. The van der Waals surface area contributed by atoms with Crippen molar-refractivity contribution in [1.82, 2.24) is 15.3 Å². The van der Waals surface area contributed by atoms with Gasteiger partial charge in [0.25, 0.3) is 0 Å². The Hall–Kier alpha value is -1.02. The lowest BCUT2D eigenvalue weighted by atomic mass is 10.5. The number of thiazole rings is 2. The SMILES string of the molecule is COCCNCc1cnc(N(C)Cc2cscn2)s1. The quantitative estimate of drug-likeness (QED) is 0.755. The lowest BCUT2D eigenvalue weighted by Crippen LogP contribution is -2.17. The van der Waals surface area contributed by atoms with Crippen molar-refractivity contribution in [1.29, 1.82) is 0 Å². The molecule has 1 N–H and O–H groups in total. The van der Waals surface area contributed by atoms with Crippen molar-refractivity contribution in [3.05, 3.63) is 27.7 Å². The smallest absolute Gasteiger partial charge is 0.185 e. The zero-order valence-electron chi connectivity index (χ0n) is 11.1. The Balaban J connectivity index is 1.82. The van der Waals surface area contributed by atoms with Gasteiger partial charge in [0.2, 0.25) is 0 Å². The summed E-state index contributed by atoms with van der Waals surface area (Å²) in [5.74, 6) is 0. The summed E-state index contributed by atoms with van der Waals surface area (Å²) in [6, 6.07) is 0. The first-order chi connectivity index (χ1) is 9.29. The molecular formula is C12H18N4OS2. The van der Waals surface area contributed by atoms with Crippen LogP contribution in [0.1, 0.15) is 10.6 Å². The highest BCUT2D eigenvalue weighted by atomic mass is 32.1. The van der Waals surface area contributed by atoms with Crippen LogP contribution < -0.4 is 10.2 Å². The van der Waals surface area contributed by atoms with Crippen molar-refractivity contribution >= 4 is 27.8 Å². The lowest BCUT2D eigenvalue weighted by Gasteiger charge is -2.13. The lowest BCUT2D eigenvalue weighted by molar-refractivity contribution is 0.199. The van der Waals surface area contributed by atoms with E-state index in [1.54, 1.807) is 29.8 Å². The van der Waals surface area contributed by atoms with Crippen LogP contribution in [-0.4, -0.2) is 37.3 Å². The third kappa shape index (κ3) is 4.54. The number of hydrogen-bond donors (Lipinski definition) is 1. The van der Waals surface area contributed by atoms with E-state index in [1.807, 2.05) is 18.8 Å². The summed E-state index contributed by atoms with van der Waals surface area (Å²) in [7, 11) is 3.75. The highest BCUT2D eigenvalue weighted by molar-refractivity contribution is 7.15. The minimum absolute atomic E-state index is 0.732. The van der Waals surface area contributed by atoms with Crippen molar-refractivity contribution in [2.45, 2.75) is 13.1 Å². The largest absolute Gasteiger partial charge is 0.383 e. The number of nitrogens with zero attached hydrogens (tertiary/aromatic N) is 3. The molecular weight excluding hydrogens is 280 g/mol. The molecule has 0 unspecified atom stereocenters. The van der Waals surface area contributed by atoms with E-state index in [0.717, 1.165) is 37.1 Å². The molecule has 0 spiro atoms. The summed E-state index contributed by atoms with van der Waals surface area (Å²) in [4.78, 5) is 12.1. The summed E-state index contributed by atoms with van der Waals surface area (Å²) in [6.45, 7) is 3.23. The van der Waals surface area contributed by atoms with Crippen LogP contribution in [0.3, 0.4) is 0 Å². The molecule has 0 aromatic carbocycles. The fourth-order valence-electron chi connectivity index (χ4n) is 1.57. The first-order valence-corrected chi connectivity index (χ1v) is 7.78. The van der Waals surface area contributed by atoms with E-state index in [9.17, 15) is 0 Å². The van der Waals surface area contributed by atoms with Crippen molar-refractivity contribution in [2.75, 3.05) is 32.2 Å². The average molecular weight is 298 g/mol. The highest BCUT2D eigenvalue weighted by Gasteiger charge is 2.08. The standard InChI is InChI=1S/C12H18N4OS2/c1-16(7-10-8-18-9-15-10)12-14-6-11(19-12)5-13-3-4-17-2/h6,8-9,13H,3-5,7H2,1-2H3. The first-order valence-electron chi connectivity index (χ1n) is 6.02. The maximum atomic E-state index is 4.99. The maximum Gasteiger partial charge on any atom is 0.185 e. The van der Waals surface area contributed by atoms with Gasteiger partial charge in [-0.1, -0.05) is 0 Å². The third-order valence-corrected chi connectivity index (χ3v) is 4.28. The van der Waals surface area contributed by atoms with Crippen LogP contribution in [0.4, 0.5) is 5.13 Å². The first kappa shape index (κ1) is 14.4. The molecule has 0 atom stereocenters. The summed E-state index contributed by atoms with van der Waals surface area (Å²) >= 11 is 3.33. The predicted molar refractivity (Wildman–Crippen MR) is 79.9 cm³/mol. The fraction of sp³-hybridized carbons (Fsp3) is 0.500. The minimum Gasteiger partial charge on any atom is -0.383 e. The van der Waals surface area contributed by atoms with Gasteiger partial charge in [-0.3, -0.25) is 0 Å². The molecule has 2 heterocycles. The van der Waals surface area contributed by atoms with Gasteiger partial charge in [-0.2, -0.15) is 0 Å². The molecule has 5 nitrogen and oxygen atoms in total. The van der Waals surface area contributed by atoms with Gasteiger partial charge in [0.1, 0.15) is 0 Å². The van der Waals surface area contributed by atoms with Crippen molar-refractivity contribution in [3.8, 4) is 0 Å². The Morgan fingerprint density at radius 3 is 3.05 bits per heavy atom. The van der Waals surface area contributed by atoms with Crippen LogP contribution in [-0.2, 0) is 17.8 Å². The molecule has 19 heavy (non-hydrogen) atoms. The van der Waals surface area contributed by atoms with Gasteiger partial charge >= 0.3 is 0 Å². The molecule has 104 valence electrons. The Bertz CT molecular complexity index is 472. The van der Waals surface area contributed by atoms with Gasteiger partial charge in [-0.05, 0) is 0 Å². The molecule has 0 amide bonds. The zero-order chi connectivity index (χ0) is 13.5. The molecule has 0 aliphatic heterocycles. The Kier molecular flexibility index (Phi) is 5.71. The van der Waals surface area contributed by atoms with Crippen LogP contribution in [0.25, 0.3) is 0 Å². The molecule has 0 saturated heterocycles. The maximum absolute atomic E-state index is 4.99. The van der Waals surface area contributed by atoms with E-state index >= 15 is 0 Å². The summed E-state index contributed by atoms with van der Waals surface area (Å²) < 4.78 is 4.99. The Morgan fingerprint density at radius 1 is 1.42 bits per heavy atom. The van der Waals surface area contributed by atoms with Crippen LogP contribution >= 0.6 is 22.7 Å². The molecule has 0 aliphatic rings. The zero-order valence-corrected chi connectivity index (χ0v) is 12.8. The minimum atomic E-state index is 0.732. The van der Waals surface area contributed by atoms with Crippen molar-refractivity contribution < 1.29 is 4.74 Å². The molecule has 0 radical (unpaired) electrons. The predicted octanol–water partition coefficient (Wildman–Crippen LogP) is 1.97. The average Bonchev–Trinajstić information content (AvgIpc) is 3.05. The number of hydrogen-bond acceptors (Lipinski definition) is 7. The van der Waals surface area contributed by atoms with Gasteiger partial charge in [0.05, 0.1) is 24.4 Å². The Labute approximate surface area is 121 Å². The fourth-order valence-corrected chi connectivity index (χ4v) is 2.96. The van der Waals surface area contributed by atoms with Crippen LogP contribution in [0.15, 0.2) is 17.1 Å². The molecule has 0 aliphatic carbocycles. The molecule has 2 aromatic rings. The number of anilines is 1. The van der Waals surface area contributed by atoms with Crippen LogP contribution in [0.2, 0.25) is 0 Å². The van der Waals surface area contributed by atoms with Crippen molar-refractivity contribution in [2.24, 2.45) is 0 Å². The molecule has 2 rings (SSSR count). The second-order valence-corrected chi connectivity index (χ2v) is 5.93. The molecule has 0 fully saturated rings. The molecule has 7 heteroatoms. The number of ether oxygens (including phenoxy) is 1. The summed E-state index contributed by atoms with van der Waals surface area (Å²) in [5, 5.41) is 6.41. The monoisotopic (exact) mass is 298 g/mol. The van der Waals surface area contributed by atoms with Gasteiger partial charge < -0.3 is 15.0 Å². The van der Waals surface area contributed by atoms with E-state index in [0.29, 0.717) is 0 Å². The molecule has 2 aromatic heterocycles. The Morgan fingerprint density at radius 2 is 2.32 bits per heavy atom. The number of nitrogens with one attached hydrogen (secondary N) is 1. The van der Waals surface area contributed by atoms with Crippen molar-refractivity contribution in [3.63, 3.8) is 0 Å². The van der Waals surface area contributed by atoms with Crippen LogP contribution in [0.5, 0.6) is 0 Å². The van der Waals surface area contributed by atoms with Gasteiger partial charge in [0.15, 0.2) is 5.13 Å². The third-order valence-electron chi connectivity index (χ3n) is 2.53. The highest BCUT2D eigenvalue weighted by Crippen LogP contribution is 2.22. The van der Waals surface area contributed by atoms with Crippen LogP contribution in [0, 0.1) is 0 Å². The molecule has 0 saturated carbocycles. The van der Waals surface area contributed by atoms with E-state index in [2.05, 4.69) is 25.6 Å². The summed E-state index contributed by atoms with van der Waals surface area (Å²) in [5.41, 5.74) is 2.94. The van der Waals surface area contributed by atoms with E-state index < -0.39 is 0 Å². The number of methoxy groups -OCH3 is 1. The van der Waals surface area contributed by atoms with Gasteiger partial charge in [-0.15, -0.1) is 22.7 Å². The van der Waals surface area contributed by atoms with Gasteiger partial charge in [0, 0.05) is 43.7 Å². The second-order valence-electron chi connectivity index (χ2n) is 4.11. The number of aromatic nitrogens is 2. The second kappa shape index (κ2) is 7.54.